The molecule has 0 saturated carbocycles. The fraction of sp³-hybridized carbons (Fsp3) is 0.267. The zero-order chi connectivity index (χ0) is 14.7. The number of allylic oxidation sites excluding steroid dienone is 1. The van der Waals surface area contributed by atoms with Crippen LogP contribution in [-0.2, 0) is 20.1 Å². The van der Waals surface area contributed by atoms with E-state index in [4.69, 9.17) is 22.1 Å². The molecule has 0 unspecified atom stereocenters. The first kappa shape index (κ1) is 14.5. The molecule has 2 aromatic rings. The second kappa shape index (κ2) is 6.01. The molecule has 1 heterocycles. The Bertz CT molecular complexity index is 634. The molecule has 0 bridgehead atoms. The van der Waals surface area contributed by atoms with Gasteiger partial charge in [0.05, 0.1) is 16.4 Å². The van der Waals surface area contributed by atoms with Gasteiger partial charge in [-0.2, -0.15) is 5.10 Å². The van der Waals surface area contributed by atoms with E-state index in [1.54, 1.807) is 4.68 Å². The number of halogens is 1. The molecule has 2 N–H and O–H groups in total. The molecular weight excluding hydrogens is 274 g/mol. The summed E-state index contributed by atoms with van der Waals surface area (Å²) in [5.74, 6) is 0.786. The van der Waals surface area contributed by atoms with Gasteiger partial charge in [-0.1, -0.05) is 17.7 Å². The van der Waals surface area contributed by atoms with Crippen LogP contribution in [0, 0.1) is 6.92 Å². The highest BCUT2D eigenvalue weighted by atomic mass is 35.5. The number of ether oxygens (including phenoxy) is 1. The van der Waals surface area contributed by atoms with Crippen LogP contribution in [0.15, 0.2) is 30.9 Å². The van der Waals surface area contributed by atoms with Gasteiger partial charge in [-0.25, -0.2) is 0 Å². The normalized spacial score (nSPS) is 10.6. The van der Waals surface area contributed by atoms with Crippen LogP contribution in [0.4, 0.5) is 5.69 Å². The van der Waals surface area contributed by atoms with Crippen molar-refractivity contribution in [1.29, 1.82) is 0 Å². The van der Waals surface area contributed by atoms with E-state index in [9.17, 15) is 0 Å². The van der Waals surface area contributed by atoms with Crippen LogP contribution in [0.2, 0.25) is 5.02 Å². The third kappa shape index (κ3) is 2.96. The summed E-state index contributed by atoms with van der Waals surface area (Å²) in [6.45, 7) is 5.98. The van der Waals surface area contributed by atoms with Crippen LogP contribution in [0.3, 0.4) is 0 Å². The first-order chi connectivity index (χ1) is 9.52. The number of aromatic nitrogens is 2. The highest BCUT2D eigenvalue weighted by Crippen LogP contribution is 2.25. The Labute approximate surface area is 123 Å². The van der Waals surface area contributed by atoms with Crippen molar-refractivity contribution in [1.82, 2.24) is 9.78 Å². The minimum Gasteiger partial charge on any atom is -0.487 e. The van der Waals surface area contributed by atoms with Gasteiger partial charge in [0.1, 0.15) is 12.4 Å². The monoisotopic (exact) mass is 291 g/mol. The van der Waals surface area contributed by atoms with Crippen LogP contribution in [0.25, 0.3) is 0 Å². The number of rotatable bonds is 5. The van der Waals surface area contributed by atoms with Crippen molar-refractivity contribution in [3.63, 3.8) is 0 Å². The maximum absolute atomic E-state index is 6.21. The average Bonchev–Trinajstić information content (AvgIpc) is 2.64. The van der Waals surface area contributed by atoms with Crippen molar-refractivity contribution in [2.75, 3.05) is 5.73 Å². The highest BCUT2D eigenvalue weighted by Gasteiger charge is 2.12. The summed E-state index contributed by atoms with van der Waals surface area (Å²) in [4.78, 5) is 0. The van der Waals surface area contributed by atoms with E-state index in [1.807, 2.05) is 38.2 Å². The van der Waals surface area contributed by atoms with E-state index in [0.717, 1.165) is 22.7 Å². The molecule has 5 heteroatoms. The van der Waals surface area contributed by atoms with Gasteiger partial charge in [0, 0.05) is 12.7 Å². The van der Waals surface area contributed by atoms with E-state index >= 15 is 0 Å². The highest BCUT2D eigenvalue weighted by molar-refractivity contribution is 6.31. The molecule has 0 aliphatic carbocycles. The zero-order valence-corrected chi connectivity index (χ0v) is 12.4. The predicted molar refractivity (Wildman–Crippen MR) is 82.0 cm³/mol. The summed E-state index contributed by atoms with van der Waals surface area (Å²) >= 11 is 6.21. The first-order valence-corrected chi connectivity index (χ1v) is 6.70. The molecule has 20 heavy (non-hydrogen) atoms. The molecule has 4 nitrogen and oxygen atoms in total. The maximum atomic E-state index is 6.21. The molecule has 0 radical (unpaired) electrons. The lowest BCUT2D eigenvalue weighted by molar-refractivity contribution is 0.292. The summed E-state index contributed by atoms with van der Waals surface area (Å²) in [6.07, 6.45) is 2.53. The molecular formula is C15H18ClN3O. The Balaban J connectivity index is 2.20. The third-order valence-electron chi connectivity index (χ3n) is 3.07. The van der Waals surface area contributed by atoms with Crippen LogP contribution in [-0.4, -0.2) is 9.78 Å². The number of benzene rings is 1. The van der Waals surface area contributed by atoms with Crippen molar-refractivity contribution < 1.29 is 4.74 Å². The van der Waals surface area contributed by atoms with Crippen LogP contribution < -0.4 is 10.5 Å². The van der Waals surface area contributed by atoms with Crippen molar-refractivity contribution in [2.24, 2.45) is 7.05 Å². The Kier molecular flexibility index (Phi) is 4.35. The number of nitrogens with zero attached hydrogens (tertiary/aromatic N) is 2. The molecule has 0 atom stereocenters. The van der Waals surface area contributed by atoms with Gasteiger partial charge in [-0.05, 0) is 37.1 Å². The molecule has 0 aliphatic heterocycles. The van der Waals surface area contributed by atoms with Crippen molar-refractivity contribution >= 4 is 17.3 Å². The summed E-state index contributed by atoms with van der Waals surface area (Å²) in [5, 5.41) is 4.91. The van der Waals surface area contributed by atoms with Gasteiger partial charge in [0.25, 0.3) is 0 Å². The Morgan fingerprint density at radius 1 is 1.50 bits per heavy atom. The molecule has 106 valence electrons. The van der Waals surface area contributed by atoms with E-state index in [-0.39, 0.29) is 0 Å². The summed E-state index contributed by atoms with van der Waals surface area (Å²) in [5.41, 5.74) is 9.17. The second-order valence-electron chi connectivity index (χ2n) is 4.62. The number of aryl methyl sites for hydroxylation is 2. The molecule has 1 aromatic carbocycles. The Hall–Kier alpha value is -1.94. The number of hydrogen-bond acceptors (Lipinski definition) is 3. The van der Waals surface area contributed by atoms with Crippen molar-refractivity contribution in [2.45, 2.75) is 20.0 Å². The van der Waals surface area contributed by atoms with E-state index in [1.165, 1.54) is 0 Å². The van der Waals surface area contributed by atoms with E-state index in [2.05, 4.69) is 11.7 Å². The third-order valence-corrected chi connectivity index (χ3v) is 3.57. The van der Waals surface area contributed by atoms with Gasteiger partial charge in [-0.15, -0.1) is 6.58 Å². The zero-order valence-electron chi connectivity index (χ0n) is 11.7. The molecule has 0 fully saturated rings. The molecule has 0 saturated heterocycles. The van der Waals surface area contributed by atoms with Gasteiger partial charge < -0.3 is 10.5 Å². The molecule has 0 spiro atoms. The van der Waals surface area contributed by atoms with Crippen LogP contribution in [0.1, 0.15) is 17.0 Å². The molecule has 2 rings (SSSR count). The largest absolute Gasteiger partial charge is 0.487 e. The number of nitrogen functional groups attached to an aromatic ring is 1. The lowest BCUT2D eigenvalue weighted by atomic mass is 10.1. The van der Waals surface area contributed by atoms with Gasteiger partial charge in [0.15, 0.2) is 0 Å². The molecule has 0 amide bonds. The van der Waals surface area contributed by atoms with E-state index < -0.39 is 0 Å². The van der Waals surface area contributed by atoms with Gasteiger partial charge in [0.2, 0.25) is 0 Å². The topological polar surface area (TPSA) is 53.1 Å². The second-order valence-corrected chi connectivity index (χ2v) is 5.00. The van der Waals surface area contributed by atoms with Gasteiger partial charge >= 0.3 is 0 Å². The number of anilines is 1. The molecule has 1 aromatic heterocycles. The standard InChI is InChI=1S/C15H18ClN3O/c1-4-5-11-8-12(17)6-7-14(11)20-9-13-15(16)10(2)18-19(13)3/h4,6-8H,1,5,9,17H2,2-3H3. The van der Waals surface area contributed by atoms with Crippen LogP contribution in [0.5, 0.6) is 5.75 Å². The fourth-order valence-electron chi connectivity index (χ4n) is 2.04. The van der Waals surface area contributed by atoms with Gasteiger partial charge in [-0.3, -0.25) is 4.68 Å². The molecule has 0 aliphatic rings. The van der Waals surface area contributed by atoms with Crippen molar-refractivity contribution in [3.8, 4) is 5.75 Å². The minimum atomic E-state index is 0.365. The van der Waals surface area contributed by atoms with E-state index in [0.29, 0.717) is 23.7 Å². The maximum Gasteiger partial charge on any atom is 0.131 e. The minimum absolute atomic E-state index is 0.365. The van der Waals surface area contributed by atoms with Crippen molar-refractivity contribution in [3.05, 3.63) is 52.8 Å². The van der Waals surface area contributed by atoms with Crippen LogP contribution >= 0.6 is 11.6 Å². The lowest BCUT2D eigenvalue weighted by Crippen LogP contribution is -2.05. The Morgan fingerprint density at radius 2 is 2.25 bits per heavy atom. The smallest absolute Gasteiger partial charge is 0.131 e. The quantitative estimate of drug-likeness (QED) is 0.679. The summed E-state index contributed by atoms with van der Waals surface area (Å²) in [6, 6.07) is 5.58. The average molecular weight is 292 g/mol. The first-order valence-electron chi connectivity index (χ1n) is 6.33. The summed E-state index contributed by atoms with van der Waals surface area (Å²) < 4.78 is 7.60. The Morgan fingerprint density at radius 3 is 2.85 bits per heavy atom. The predicted octanol–water partition coefficient (Wildman–Crippen LogP) is 3.27. The summed E-state index contributed by atoms with van der Waals surface area (Å²) in [7, 11) is 1.85. The SMILES string of the molecule is C=CCc1cc(N)ccc1OCc1c(Cl)c(C)nn1C. The number of hydrogen-bond donors (Lipinski definition) is 1. The fourth-order valence-corrected chi connectivity index (χ4v) is 2.25. The lowest BCUT2D eigenvalue weighted by Gasteiger charge is -2.11. The number of nitrogens with two attached hydrogens (primary N) is 1.